The van der Waals surface area contributed by atoms with Gasteiger partial charge in [-0.15, -0.1) is 0 Å². The summed E-state index contributed by atoms with van der Waals surface area (Å²) in [6.45, 7) is 1.35. The van der Waals surface area contributed by atoms with Crippen LogP contribution in [0.4, 0.5) is 18.9 Å². The van der Waals surface area contributed by atoms with Crippen molar-refractivity contribution in [2.24, 2.45) is 0 Å². The molecule has 0 bridgehead atoms. The van der Waals surface area contributed by atoms with E-state index in [9.17, 15) is 13.2 Å². The van der Waals surface area contributed by atoms with E-state index >= 15 is 0 Å². The molecule has 0 aromatic heterocycles. The van der Waals surface area contributed by atoms with E-state index in [0.29, 0.717) is 12.1 Å². The first-order chi connectivity index (χ1) is 9.95. The summed E-state index contributed by atoms with van der Waals surface area (Å²) in [6.07, 6.45) is -1.64. The molecule has 1 aromatic carbocycles. The molecule has 0 aliphatic carbocycles. The summed E-state index contributed by atoms with van der Waals surface area (Å²) in [5.74, 6) is 0. The third-order valence-electron chi connectivity index (χ3n) is 3.53. The molecule has 1 heterocycles. The predicted molar refractivity (Wildman–Crippen MR) is 77.3 cm³/mol. The first-order valence-electron chi connectivity index (χ1n) is 6.87. The second kappa shape index (κ2) is 6.49. The van der Waals surface area contributed by atoms with Crippen molar-refractivity contribution in [2.45, 2.75) is 12.6 Å². The van der Waals surface area contributed by atoms with Crippen molar-refractivity contribution in [3.63, 3.8) is 0 Å². The van der Waals surface area contributed by atoms with Gasteiger partial charge in [0.15, 0.2) is 0 Å². The highest BCUT2D eigenvalue weighted by Gasteiger charge is 2.35. The quantitative estimate of drug-likeness (QED) is 0.897. The van der Waals surface area contributed by atoms with Gasteiger partial charge in [-0.3, -0.25) is 0 Å². The zero-order valence-electron chi connectivity index (χ0n) is 11.9. The van der Waals surface area contributed by atoms with Gasteiger partial charge < -0.3 is 15.3 Å². The van der Waals surface area contributed by atoms with Crippen LogP contribution in [0.3, 0.4) is 0 Å². The lowest BCUT2D eigenvalue weighted by atomic mass is 9.96. The summed E-state index contributed by atoms with van der Waals surface area (Å²) in [4.78, 5) is 1.47. The topological polar surface area (TPSA) is 35.5 Å². The van der Waals surface area contributed by atoms with E-state index in [1.807, 2.05) is 6.08 Å². The fourth-order valence-electron chi connectivity index (χ4n) is 2.55. The van der Waals surface area contributed by atoms with Gasteiger partial charge in [-0.2, -0.15) is 13.2 Å². The standard InChI is InChI=1S/C15H19F3N2O/c1-20(8-9-21)14-12(11-4-3-7-19-10-11)5-2-6-13(14)15(16,17)18/h2,4-6,19,21H,3,7-10H2,1H3. The predicted octanol–water partition coefficient (Wildman–Crippen LogP) is 2.51. The lowest BCUT2D eigenvalue weighted by Crippen LogP contribution is -2.27. The molecule has 2 rings (SSSR count). The monoisotopic (exact) mass is 300 g/mol. The largest absolute Gasteiger partial charge is 0.418 e. The van der Waals surface area contributed by atoms with E-state index in [2.05, 4.69) is 5.32 Å². The minimum Gasteiger partial charge on any atom is -0.395 e. The van der Waals surface area contributed by atoms with Gasteiger partial charge in [0.05, 0.1) is 17.9 Å². The maximum Gasteiger partial charge on any atom is 0.418 e. The van der Waals surface area contributed by atoms with Crippen LogP contribution in [0.5, 0.6) is 0 Å². The van der Waals surface area contributed by atoms with Crippen LogP contribution in [0.15, 0.2) is 24.3 Å². The van der Waals surface area contributed by atoms with E-state index in [4.69, 9.17) is 5.11 Å². The summed E-state index contributed by atoms with van der Waals surface area (Å²) in [5.41, 5.74) is 0.913. The normalized spacial score (nSPS) is 15.8. The van der Waals surface area contributed by atoms with Crippen molar-refractivity contribution in [1.82, 2.24) is 5.32 Å². The Bertz CT molecular complexity index is 526. The lowest BCUT2D eigenvalue weighted by molar-refractivity contribution is -0.137. The Kier molecular flexibility index (Phi) is 4.90. The third kappa shape index (κ3) is 3.57. The molecule has 1 aliphatic heterocycles. The Labute approximate surface area is 122 Å². The number of aliphatic hydroxyl groups excluding tert-OH is 1. The number of aliphatic hydroxyl groups is 1. The Morgan fingerprint density at radius 2 is 2.10 bits per heavy atom. The zero-order valence-corrected chi connectivity index (χ0v) is 11.9. The molecule has 0 amide bonds. The van der Waals surface area contributed by atoms with E-state index in [-0.39, 0.29) is 18.8 Å². The number of hydrogen-bond acceptors (Lipinski definition) is 3. The molecule has 21 heavy (non-hydrogen) atoms. The van der Waals surface area contributed by atoms with Crippen molar-refractivity contribution in [2.75, 3.05) is 38.2 Å². The molecule has 2 N–H and O–H groups in total. The highest BCUT2D eigenvalue weighted by Crippen LogP contribution is 2.40. The average molecular weight is 300 g/mol. The number of hydrogen-bond donors (Lipinski definition) is 2. The number of benzene rings is 1. The highest BCUT2D eigenvalue weighted by molar-refractivity contribution is 5.80. The van der Waals surface area contributed by atoms with Crippen molar-refractivity contribution in [3.05, 3.63) is 35.4 Å². The van der Waals surface area contributed by atoms with Gasteiger partial charge in [0, 0.05) is 25.7 Å². The van der Waals surface area contributed by atoms with E-state index in [1.165, 1.54) is 11.0 Å². The van der Waals surface area contributed by atoms with Crippen LogP contribution in [0.2, 0.25) is 0 Å². The first-order valence-corrected chi connectivity index (χ1v) is 6.87. The van der Waals surface area contributed by atoms with Gasteiger partial charge in [-0.05, 0) is 24.6 Å². The Morgan fingerprint density at radius 1 is 1.33 bits per heavy atom. The van der Waals surface area contributed by atoms with E-state index in [0.717, 1.165) is 24.6 Å². The first kappa shape index (κ1) is 15.9. The molecule has 116 valence electrons. The summed E-state index contributed by atoms with van der Waals surface area (Å²) >= 11 is 0. The van der Waals surface area contributed by atoms with Crippen LogP contribution in [-0.4, -0.2) is 38.4 Å². The van der Waals surface area contributed by atoms with Crippen molar-refractivity contribution < 1.29 is 18.3 Å². The Morgan fingerprint density at radius 3 is 2.67 bits per heavy atom. The minimum absolute atomic E-state index is 0.133. The number of nitrogens with zero attached hydrogens (tertiary/aromatic N) is 1. The number of rotatable bonds is 4. The van der Waals surface area contributed by atoms with Crippen molar-refractivity contribution in [1.29, 1.82) is 0 Å². The fraction of sp³-hybridized carbons (Fsp3) is 0.467. The second-order valence-electron chi connectivity index (χ2n) is 5.04. The Balaban J connectivity index is 2.56. The molecule has 1 aromatic rings. The molecule has 0 unspecified atom stereocenters. The van der Waals surface area contributed by atoms with Gasteiger partial charge in [-0.25, -0.2) is 0 Å². The minimum atomic E-state index is -4.42. The fourth-order valence-corrected chi connectivity index (χ4v) is 2.55. The summed E-state index contributed by atoms with van der Waals surface area (Å²) < 4.78 is 39.8. The van der Waals surface area contributed by atoms with Gasteiger partial charge in [0.25, 0.3) is 0 Å². The Hall–Kier alpha value is -1.53. The molecule has 6 heteroatoms. The van der Waals surface area contributed by atoms with Crippen molar-refractivity contribution in [3.8, 4) is 0 Å². The second-order valence-corrected chi connectivity index (χ2v) is 5.04. The van der Waals surface area contributed by atoms with Crippen LogP contribution >= 0.6 is 0 Å². The number of para-hydroxylation sites is 1. The maximum atomic E-state index is 13.3. The van der Waals surface area contributed by atoms with Gasteiger partial charge in [0.1, 0.15) is 0 Å². The molecule has 0 radical (unpaired) electrons. The summed E-state index contributed by atoms with van der Waals surface area (Å²) in [5, 5.41) is 12.2. The molecule has 0 fully saturated rings. The van der Waals surface area contributed by atoms with Crippen molar-refractivity contribution >= 4 is 11.3 Å². The maximum absolute atomic E-state index is 13.3. The van der Waals surface area contributed by atoms with Gasteiger partial charge in [0.2, 0.25) is 0 Å². The molecular formula is C15H19F3N2O. The zero-order chi connectivity index (χ0) is 15.5. The number of anilines is 1. The summed E-state index contributed by atoms with van der Waals surface area (Å²) in [7, 11) is 1.57. The number of halogens is 3. The lowest BCUT2D eigenvalue weighted by Gasteiger charge is -2.27. The highest BCUT2D eigenvalue weighted by atomic mass is 19.4. The molecule has 0 atom stereocenters. The molecule has 1 aliphatic rings. The molecule has 0 saturated heterocycles. The average Bonchev–Trinajstić information content (AvgIpc) is 2.46. The number of nitrogens with one attached hydrogen (secondary N) is 1. The molecule has 0 saturated carbocycles. The number of alkyl halides is 3. The van der Waals surface area contributed by atoms with E-state index in [1.54, 1.807) is 13.1 Å². The number of likely N-dealkylation sites (N-methyl/N-ethyl adjacent to an activating group) is 1. The van der Waals surface area contributed by atoms with Gasteiger partial charge >= 0.3 is 6.18 Å². The van der Waals surface area contributed by atoms with Gasteiger partial charge in [-0.1, -0.05) is 18.2 Å². The molecule has 0 spiro atoms. The van der Waals surface area contributed by atoms with Crippen LogP contribution in [0.25, 0.3) is 5.57 Å². The molecule has 3 nitrogen and oxygen atoms in total. The van der Waals surface area contributed by atoms with Crippen LogP contribution < -0.4 is 10.2 Å². The SMILES string of the molecule is CN(CCO)c1c(C2=CCCNC2)cccc1C(F)(F)F. The summed E-state index contributed by atoms with van der Waals surface area (Å²) in [6, 6.07) is 4.23. The van der Waals surface area contributed by atoms with E-state index < -0.39 is 11.7 Å². The molecular weight excluding hydrogens is 281 g/mol. The van der Waals surface area contributed by atoms with Crippen LogP contribution in [0, 0.1) is 0 Å². The smallest absolute Gasteiger partial charge is 0.395 e. The van der Waals surface area contributed by atoms with Crippen LogP contribution in [0.1, 0.15) is 17.5 Å². The third-order valence-corrected chi connectivity index (χ3v) is 3.53. The van der Waals surface area contributed by atoms with Crippen LogP contribution in [-0.2, 0) is 6.18 Å².